The van der Waals surface area contributed by atoms with Crippen LogP contribution in [0.3, 0.4) is 0 Å². The zero-order valence-electron chi connectivity index (χ0n) is 45.3. The van der Waals surface area contributed by atoms with Gasteiger partial charge >= 0.3 is 0 Å². The van der Waals surface area contributed by atoms with Crippen LogP contribution in [0, 0.1) is 12.7 Å². The number of halogens is 1. The maximum atomic E-state index is 14.9. The number of para-hydroxylation sites is 3. The Labute approximate surface area is 442 Å². The predicted molar refractivity (Wildman–Crippen MR) is 314 cm³/mol. The van der Waals surface area contributed by atoms with Crippen molar-refractivity contribution in [1.29, 1.82) is 0 Å². The second kappa shape index (κ2) is 19.1. The summed E-state index contributed by atoms with van der Waals surface area (Å²) in [4.78, 5) is 9.84. The first kappa shape index (κ1) is 49.3. The number of aromatic nitrogens is 2. The van der Waals surface area contributed by atoms with Crippen LogP contribution < -0.4 is 14.5 Å². The fourth-order valence-electron chi connectivity index (χ4n) is 10.8. The monoisotopic (exact) mass is 987 g/mol. The highest BCUT2D eigenvalue weighted by molar-refractivity contribution is 6.09. The zero-order chi connectivity index (χ0) is 52.5. The third-order valence-corrected chi connectivity index (χ3v) is 15.1. The standard InChI is InChI=1S/C69H67FN4O/c1-43(2)47-32-48(44(3)4)34-49(33-47)61-38-52(69(9,10)11)37-60(46-24-26-53(70)27-25-46)67(61)73-42-72(63-22-16-17-23-64(63)73)54-35-50(57-19-13-12-18-45(57)5)36-56(40-54)75-55-28-29-59-58-20-14-15-21-62(58)74(65(59)41-55)66-39-51(30-31-71-66)68(6,7)8/h12-41,43-44H,42H2,1-11H3. The second-order valence-corrected chi connectivity index (χ2v) is 23.2. The summed E-state index contributed by atoms with van der Waals surface area (Å²) in [5.74, 6) is 2.75. The van der Waals surface area contributed by atoms with Crippen LogP contribution in [-0.2, 0) is 10.8 Å². The summed E-state index contributed by atoms with van der Waals surface area (Å²) in [5, 5.41) is 2.30. The number of hydrogen-bond donors (Lipinski definition) is 0. The van der Waals surface area contributed by atoms with Crippen LogP contribution in [0.5, 0.6) is 11.5 Å². The number of hydrogen-bond acceptors (Lipinski definition) is 4. The molecule has 0 saturated heterocycles. The number of pyridine rings is 1. The minimum atomic E-state index is -0.256. The molecule has 0 spiro atoms. The van der Waals surface area contributed by atoms with Gasteiger partial charge in [0.1, 0.15) is 29.8 Å². The summed E-state index contributed by atoms with van der Waals surface area (Å²) in [6, 6.07) is 62.2. The molecule has 11 rings (SSSR count). The fraction of sp³-hybridized carbons (Fsp3) is 0.232. The number of anilines is 4. The van der Waals surface area contributed by atoms with Crippen molar-refractivity contribution in [2.24, 2.45) is 0 Å². The number of aryl methyl sites for hydroxylation is 1. The molecule has 0 aliphatic carbocycles. The molecule has 75 heavy (non-hydrogen) atoms. The molecule has 1 aliphatic heterocycles. The Morgan fingerprint density at radius 2 is 1.12 bits per heavy atom. The van der Waals surface area contributed by atoms with E-state index in [4.69, 9.17) is 9.72 Å². The Hall–Kier alpha value is -7.96. The van der Waals surface area contributed by atoms with E-state index in [9.17, 15) is 4.39 Å². The Bertz CT molecular complexity index is 3770. The number of rotatable bonds is 10. The topological polar surface area (TPSA) is 33.5 Å². The van der Waals surface area contributed by atoms with Crippen molar-refractivity contribution < 1.29 is 9.13 Å². The van der Waals surface area contributed by atoms with E-state index in [1.807, 2.05) is 18.3 Å². The highest BCUT2D eigenvalue weighted by Crippen LogP contribution is 2.53. The van der Waals surface area contributed by atoms with Gasteiger partial charge in [-0.3, -0.25) is 4.57 Å². The van der Waals surface area contributed by atoms with E-state index in [1.165, 1.54) is 33.4 Å². The van der Waals surface area contributed by atoms with Gasteiger partial charge in [0.2, 0.25) is 0 Å². The number of ether oxygens (including phenoxy) is 1. The van der Waals surface area contributed by atoms with Crippen LogP contribution in [0.15, 0.2) is 182 Å². The lowest BCUT2D eigenvalue weighted by molar-refractivity contribution is 0.483. The molecule has 10 aromatic rings. The average Bonchev–Trinajstić information content (AvgIpc) is 3.94. The van der Waals surface area contributed by atoms with Crippen LogP contribution in [0.4, 0.5) is 27.1 Å². The van der Waals surface area contributed by atoms with Gasteiger partial charge in [-0.1, -0.05) is 154 Å². The molecular formula is C69H67FN4O. The molecule has 376 valence electrons. The van der Waals surface area contributed by atoms with Gasteiger partial charge in [0.25, 0.3) is 0 Å². The van der Waals surface area contributed by atoms with Gasteiger partial charge in [0.05, 0.1) is 28.1 Å². The van der Waals surface area contributed by atoms with E-state index < -0.39 is 0 Å². The van der Waals surface area contributed by atoms with E-state index in [1.54, 1.807) is 12.1 Å². The van der Waals surface area contributed by atoms with Crippen LogP contribution in [0.2, 0.25) is 0 Å². The lowest BCUT2D eigenvalue weighted by atomic mass is 9.81. The molecule has 0 fully saturated rings. The van der Waals surface area contributed by atoms with Gasteiger partial charge in [0, 0.05) is 45.9 Å². The van der Waals surface area contributed by atoms with E-state index in [0.29, 0.717) is 18.5 Å². The number of benzene rings is 8. The second-order valence-electron chi connectivity index (χ2n) is 23.2. The Morgan fingerprint density at radius 3 is 1.80 bits per heavy atom. The minimum absolute atomic E-state index is 0.0432. The van der Waals surface area contributed by atoms with E-state index >= 15 is 0 Å². The Kier molecular flexibility index (Phi) is 12.5. The van der Waals surface area contributed by atoms with Crippen molar-refractivity contribution in [3.05, 3.63) is 216 Å². The largest absolute Gasteiger partial charge is 0.457 e. The highest BCUT2D eigenvalue weighted by Gasteiger charge is 2.34. The van der Waals surface area contributed by atoms with E-state index in [2.05, 4.69) is 242 Å². The van der Waals surface area contributed by atoms with Crippen LogP contribution in [0.25, 0.3) is 61.0 Å². The van der Waals surface area contributed by atoms with Gasteiger partial charge in [-0.15, -0.1) is 0 Å². The lowest BCUT2D eigenvalue weighted by Gasteiger charge is -2.31. The summed E-state index contributed by atoms with van der Waals surface area (Å²) >= 11 is 0. The summed E-state index contributed by atoms with van der Waals surface area (Å²) < 4.78 is 24.2. The maximum absolute atomic E-state index is 14.9. The van der Waals surface area contributed by atoms with Crippen molar-refractivity contribution in [3.63, 3.8) is 0 Å². The SMILES string of the molecule is Cc1ccccc1-c1cc(Oc2ccc3c4ccccc4n(-c4cc(C(C)(C)C)ccn4)c3c2)cc(N2CN(c3c(-c4ccc(F)cc4)cc(C(C)(C)C)cc3-c3cc(C(C)C)cc(C(C)C)c3)c3ccccc32)c1. The molecule has 0 atom stereocenters. The third-order valence-electron chi connectivity index (χ3n) is 15.1. The zero-order valence-corrected chi connectivity index (χ0v) is 45.3. The van der Waals surface area contributed by atoms with Crippen LogP contribution in [-0.4, -0.2) is 16.2 Å². The Morgan fingerprint density at radius 1 is 0.507 bits per heavy atom. The first-order chi connectivity index (χ1) is 35.9. The molecule has 0 unspecified atom stereocenters. The summed E-state index contributed by atoms with van der Waals surface area (Å²) in [5.41, 5.74) is 18.9. The predicted octanol–water partition coefficient (Wildman–Crippen LogP) is 19.5. The molecule has 6 heteroatoms. The van der Waals surface area contributed by atoms with Crippen molar-refractivity contribution in [2.45, 2.75) is 98.8 Å². The first-order valence-corrected chi connectivity index (χ1v) is 26.5. The van der Waals surface area contributed by atoms with Gasteiger partial charge in [0.15, 0.2) is 0 Å². The quantitative estimate of drug-likeness (QED) is 0.137. The molecule has 1 aliphatic rings. The number of fused-ring (bicyclic) bond motifs is 4. The van der Waals surface area contributed by atoms with Crippen molar-refractivity contribution in [1.82, 2.24) is 9.55 Å². The molecular weight excluding hydrogens is 920 g/mol. The fourth-order valence-corrected chi connectivity index (χ4v) is 10.8. The Balaban J connectivity index is 1.09. The minimum Gasteiger partial charge on any atom is -0.457 e. The summed E-state index contributed by atoms with van der Waals surface area (Å²) in [6.07, 6.45) is 1.92. The maximum Gasteiger partial charge on any atom is 0.137 e. The van der Waals surface area contributed by atoms with Crippen molar-refractivity contribution in [3.8, 4) is 50.7 Å². The van der Waals surface area contributed by atoms with Crippen LogP contribution >= 0.6 is 0 Å². The first-order valence-electron chi connectivity index (χ1n) is 26.5. The van der Waals surface area contributed by atoms with E-state index in [0.717, 1.165) is 89.7 Å². The van der Waals surface area contributed by atoms with E-state index in [-0.39, 0.29) is 16.6 Å². The van der Waals surface area contributed by atoms with Gasteiger partial charge in [-0.05, 0) is 159 Å². The molecule has 2 aromatic heterocycles. The lowest BCUT2D eigenvalue weighted by Crippen LogP contribution is -2.25. The van der Waals surface area contributed by atoms with Crippen molar-refractivity contribution >= 4 is 44.6 Å². The molecule has 0 amide bonds. The van der Waals surface area contributed by atoms with Gasteiger partial charge in [-0.2, -0.15) is 0 Å². The average molecular weight is 987 g/mol. The third kappa shape index (κ3) is 9.37. The van der Waals surface area contributed by atoms with Crippen LogP contribution in [0.1, 0.15) is 109 Å². The normalized spacial score (nSPS) is 12.9. The number of nitrogens with zero attached hydrogens (tertiary/aromatic N) is 4. The molecule has 0 N–H and O–H groups in total. The molecule has 0 saturated carbocycles. The molecule has 8 aromatic carbocycles. The van der Waals surface area contributed by atoms with Crippen molar-refractivity contribution in [2.75, 3.05) is 16.5 Å². The highest BCUT2D eigenvalue weighted by atomic mass is 19.1. The summed E-state index contributed by atoms with van der Waals surface area (Å²) in [6.45, 7) is 25.3. The van der Waals surface area contributed by atoms with Gasteiger partial charge < -0.3 is 14.5 Å². The summed E-state index contributed by atoms with van der Waals surface area (Å²) in [7, 11) is 0. The molecule has 3 heterocycles. The molecule has 0 radical (unpaired) electrons. The molecule has 5 nitrogen and oxygen atoms in total. The smallest absolute Gasteiger partial charge is 0.137 e. The van der Waals surface area contributed by atoms with Gasteiger partial charge in [-0.25, -0.2) is 9.37 Å². The molecule has 0 bridgehead atoms.